The molecule has 2 rings (SSSR count). The van der Waals surface area contributed by atoms with Crippen LogP contribution in [0.15, 0.2) is 18.2 Å². The Hall–Kier alpha value is -1.26. The van der Waals surface area contributed by atoms with Gasteiger partial charge in [0.1, 0.15) is 0 Å². The van der Waals surface area contributed by atoms with Gasteiger partial charge in [-0.05, 0) is 56.8 Å². The van der Waals surface area contributed by atoms with Gasteiger partial charge in [-0.25, -0.2) is 0 Å². The average molecular weight is 292 g/mol. The van der Waals surface area contributed by atoms with E-state index in [9.17, 15) is 0 Å². The topological polar surface area (TPSA) is 47.7 Å². The molecule has 0 bridgehead atoms. The maximum Gasteiger partial charge on any atom is 0.160 e. The Morgan fingerprint density at radius 1 is 1.24 bits per heavy atom. The minimum atomic E-state index is -0.0256. The van der Waals surface area contributed by atoms with Gasteiger partial charge in [0.2, 0.25) is 0 Å². The van der Waals surface area contributed by atoms with Gasteiger partial charge < -0.3 is 15.2 Å². The highest BCUT2D eigenvalue weighted by molar-refractivity contribution is 5.43. The molecule has 21 heavy (non-hydrogen) atoms. The van der Waals surface area contributed by atoms with Crippen LogP contribution in [-0.4, -0.2) is 44.8 Å². The van der Waals surface area contributed by atoms with Crippen molar-refractivity contribution in [2.45, 2.75) is 31.7 Å². The standard InChI is InChI=1S/C17H28N2O2/c1-17(12-18,19(2)11-13-5-6-13)10-14-7-8-15(20-3)16(9-14)21-4/h7-9,13H,5-6,10-12,18H2,1-4H3. The number of nitrogens with two attached hydrogens (primary N) is 1. The van der Waals surface area contributed by atoms with Gasteiger partial charge in [-0.1, -0.05) is 6.07 Å². The number of likely N-dealkylation sites (N-methyl/N-ethyl adjacent to an activating group) is 1. The van der Waals surface area contributed by atoms with Crippen LogP contribution in [0.3, 0.4) is 0 Å². The fraction of sp³-hybridized carbons (Fsp3) is 0.647. The molecule has 118 valence electrons. The summed E-state index contributed by atoms with van der Waals surface area (Å²) in [4.78, 5) is 2.42. The number of rotatable bonds is 8. The second kappa shape index (κ2) is 6.67. The summed E-state index contributed by atoms with van der Waals surface area (Å²) in [6.45, 7) is 4.03. The average Bonchev–Trinajstić information content (AvgIpc) is 3.30. The zero-order valence-corrected chi connectivity index (χ0v) is 13.7. The van der Waals surface area contributed by atoms with Crippen LogP contribution in [0.2, 0.25) is 0 Å². The third kappa shape index (κ3) is 3.89. The highest BCUT2D eigenvalue weighted by Gasteiger charge is 2.32. The Kier molecular flexibility index (Phi) is 5.12. The van der Waals surface area contributed by atoms with E-state index >= 15 is 0 Å². The summed E-state index contributed by atoms with van der Waals surface area (Å²) in [5.41, 5.74) is 7.28. The lowest BCUT2D eigenvalue weighted by Gasteiger charge is -2.38. The first-order chi connectivity index (χ1) is 10.0. The van der Waals surface area contributed by atoms with Crippen molar-refractivity contribution in [1.29, 1.82) is 0 Å². The van der Waals surface area contributed by atoms with Gasteiger partial charge in [0.25, 0.3) is 0 Å². The molecule has 1 atom stereocenters. The quantitative estimate of drug-likeness (QED) is 0.799. The molecule has 0 spiro atoms. The fourth-order valence-corrected chi connectivity index (χ4v) is 2.70. The molecule has 1 unspecified atom stereocenters. The number of ether oxygens (including phenoxy) is 2. The minimum absolute atomic E-state index is 0.0256. The van der Waals surface area contributed by atoms with Crippen molar-refractivity contribution >= 4 is 0 Å². The first-order valence-corrected chi connectivity index (χ1v) is 7.64. The Balaban J connectivity index is 2.12. The highest BCUT2D eigenvalue weighted by atomic mass is 16.5. The predicted octanol–water partition coefficient (Wildman–Crippen LogP) is 2.31. The van der Waals surface area contributed by atoms with Crippen LogP contribution in [0.4, 0.5) is 0 Å². The molecule has 0 aromatic heterocycles. The first-order valence-electron chi connectivity index (χ1n) is 7.64. The van der Waals surface area contributed by atoms with Crippen LogP contribution in [0.25, 0.3) is 0 Å². The van der Waals surface area contributed by atoms with E-state index < -0.39 is 0 Å². The molecule has 1 aliphatic rings. The van der Waals surface area contributed by atoms with Gasteiger partial charge in [-0.3, -0.25) is 4.90 Å². The molecule has 0 heterocycles. The van der Waals surface area contributed by atoms with E-state index in [0.717, 1.165) is 30.4 Å². The van der Waals surface area contributed by atoms with E-state index in [4.69, 9.17) is 15.2 Å². The van der Waals surface area contributed by atoms with E-state index in [1.165, 1.54) is 18.4 Å². The molecule has 1 aliphatic carbocycles. The lowest BCUT2D eigenvalue weighted by Crippen LogP contribution is -2.52. The second-order valence-corrected chi connectivity index (χ2v) is 6.39. The third-order valence-corrected chi connectivity index (χ3v) is 4.62. The van der Waals surface area contributed by atoms with Crippen molar-refractivity contribution in [1.82, 2.24) is 4.90 Å². The van der Waals surface area contributed by atoms with Crippen molar-refractivity contribution in [3.8, 4) is 11.5 Å². The van der Waals surface area contributed by atoms with Gasteiger partial charge in [-0.2, -0.15) is 0 Å². The van der Waals surface area contributed by atoms with Gasteiger partial charge in [0, 0.05) is 18.6 Å². The minimum Gasteiger partial charge on any atom is -0.493 e. The summed E-state index contributed by atoms with van der Waals surface area (Å²) in [6, 6.07) is 6.12. The smallest absolute Gasteiger partial charge is 0.160 e. The third-order valence-electron chi connectivity index (χ3n) is 4.62. The number of hydrogen-bond donors (Lipinski definition) is 1. The summed E-state index contributed by atoms with van der Waals surface area (Å²) in [5, 5.41) is 0. The normalized spacial score (nSPS) is 17.6. The molecule has 0 saturated heterocycles. The molecule has 1 fully saturated rings. The van der Waals surface area contributed by atoms with Crippen LogP contribution in [-0.2, 0) is 6.42 Å². The van der Waals surface area contributed by atoms with Crippen LogP contribution in [0.1, 0.15) is 25.3 Å². The van der Waals surface area contributed by atoms with E-state index in [0.29, 0.717) is 6.54 Å². The lowest BCUT2D eigenvalue weighted by atomic mass is 9.90. The Morgan fingerprint density at radius 3 is 2.43 bits per heavy atom. The zero-order chi connectivity index (χ0) is 15.5. The Morgan fingerprint density at radius 2 is 1.90 bits per heavy atom. The molecule has 1 aromatic carbocycles. The second-order valence-electron chi connectivity index (χ2n) is 6.39. The SMILES string of the molecule is COc1ccc(CC(C)(CN)N(C)CC2CC2)cc1OC. The van der Waals surface area contributed by atoms with E-state index in [-0.39, 0.29) is 5.54 Å². The van der Waals surface area contributed by atoms with Gasteiger partial charge in [-0.15, -0.1) is 0 Å². The Labute approximate surface area is 128 Å². The van der Waals surface area contributed by atoms with Gasteiger partial charge in [0.05, 0.1) is 14.2 Å². The molecule has 1 saturated carbocycles. The van der Waals surface area contributed by atoms with Gasteiger partial charge >= 0.3 is 0 Å². The maximum absolute atomic E-state index is 6.08. The summed E-state index contributed by atoms with van der Waals surface area (Å²) in [7, 11) is 5.51. The van der Waals surface area contributed by atoms with E-state index in [1.54, 1.807) is 14.2 Å². The molecule has 0 amide bonds. The molecule has 2 N–H and O–H groups in total. The zero-order valence-electron chi connectivity index (χ0n) is 13.7. The fourth-order valence-electron chi connectivity index (χ4n) is 2.70. The number of hydrogen-bond acceptors (Lipinski definition) is 4. The summed E-state index contributed by atoms with van der Waals surface area (Å²) in [5.74, 6) is 2.41. The monoisotopic (exact) mass is 292 g/mol. The van der Waals surface area contributed by atoms with Crippen molar-refractivity contribution in [3.63, 3.8) is 0 Å². The lowest BCUT2D eigenvalue weighted by molar-refractivity contribution is 0.138. The highest BCUT2D eigenvalue weighted by Crippen LogP contribution is 2.33. The molecule has 4 heteroatoms. The van der Waals surface area contributed by atoms with Gasteiger partial charge in [0.15, 0.2) is 11.5 Å². The number of nitrogens with zero attached hydrogens (tertiary/aromatic N) is 1. The maximum atomic E-state index is 6.08. The largest absolute Gasteiger partial charge is 0.493 e. The van der Waals surface area contributed by atoms with Crippen LogP contribution in [0, 0.1) is 5.92 Å². The first kappa shape index (κ1) is 16.1. The Bertz CT molecular complexity index is 474. The molecule has 0 radical (unpaired) electrons. The van der Waals surface area contributed by atoms with Crippen molar-refractivity contribution in [2.75, 3.05) is 34.4 Å². The van der Waals surface area contributed by atoms with Crippen LogP contribution in [0.5, 0.6) is 11.5 Å². The molecule has 4 nitrogen and oxygen atoms in total. The number of methoxy groups -OCH3 is 2. The van der Waals surface area contributed by atoms with E-state index in [2.05, 4.69) is 31.0 Å². The summed E-state index contributed by atoms with van der Waals surface area (Å²) >= 11 is 0. The molecule has 0 aliphatic heterocycles. The summed E-state index contributed by atoms with van der Waals surface area (Å²) in [6.07, 6.45) is 3.63. The molecular formula is C17H28N2O2. The van der Waals surface area contributed by atoms with Crippen molar-refractivity contribution in [2.24, 2.45) is 11.7 Å². The summed E-state index contributed by atoms with van der Waals surface area (Å²) < 4.78 is 10.7. The number of benzene rings is 1. The molecule has 1 aromatic rings. The molecular weight excluding hydrogens is 264 g/mol. The van der Waals surface area contributed by atoms with E-state index in [1.807, 2.05) is 6.07 Å². The van der Waals surface area contributed by atoms with Crippen LogP contribution >= 0.6 is 0 Å². The van der Waals surface area contributed by atoms with Crippen molar-refractivity contribution in [3.05, 3.63) is 23.8 Å². The van der Waals surface area contributed by atoms with Crippen LogP contribution < -0.4 is 15.2 Å². The predicted molar refractivity (Wildman–Crippen MR) is 86.1 cm³/mol. The van der Waals surface area contributed by atoms with Crippen molar-refractivity contribution < 1.29 is 9.47 Å².